The molecule has 4 rings (SSSR count). The van der Waals surface area contributed by atoms with Crippen LogP contribution in [-0.2, 0) is 5.75 Å². The van der Waals surface area contributed by atoms with E-state index in [4.69, 9.17) is 27.9 Å². The minimum absolute atomic E-state index is 0.278. The van der Waals surface area contributed by atoms with Crippen molar-refractivity contribution in [2.24, 2.45) is 0 Å². The first-order valence-electron chi connectivity index (χ1n) is 10.9. The number of carbonyl (C=O) groups is 1. The van der Waals surface area contributed by atoms with Crippen LogP contribution < -0.4 is 10.1 Å². The number of halogens is 2. The fourth-order valence-corrected chi connectivity index (χ4v) is 4.68. The Morgan fingerprint density at radius 2 is 1.83 bits per heavy atom. The van der Waals surface area contributed by atoms with Gasteiger partial charge in [0, 0.05) is 17.0 Å². The normalized spacial score (nSPS) is 11.8. The highest BCUT2D eigenvalue weighted by atomic mass is 35.5. The molecule has 1 aromatic heterocycles. The van der Waals surface area contributed by atoms with Crippen molar-refractivity contribution in [3.05, 3.63) is 99.3 Å². The van der Waals surface area contributed by atoms with E-state index in [1.165, 1.54) is 0 Å². The average Bonchev–Trinajstić information content (AvgIpc) is 3.29. The summed E-state index contributed by atoms with van der Waals surface area (Å²) in [6.07, 6.45) is 0. The molecular formula is C26H24Cl2N4O2S. The Kier molecular flexibility index (Phi) is 8.00. The van der Waals surface area contributed by atoms with Crippen LogP contribution in [0.3, 0.4) is 0 Å². The number of thioether (sulfide) groups is 1. The van der Waals surface area contributed by atoms with Gasteiger partial charge in [0.15, 0.2) is 11.0 Å². The van der Waals surface area contributed by atoms with E-state index in [-0.39, 0.29) is 5.91 Å². The molecule has 35 heavy (non-hydrogen) atoms. The van der Waals surface area contributed by atoms with E-state index in [1.54, 1.807) is 37.1 Å². The molecule has 0 spiro atoms. The van der Waals surface area contributed by atoms with Crippen molar-refractivity contribution in [3.63, 3.8) is 0 Å². The molecule has 1 unspecified atom stereocenters. The second-order valence-corrected chi connectivity index (χ2v) is 9.73. The fourth-order valence-electron chi connectivity index (χ4n) is 3.48. The van der Waals surface area contributed by atoms with E-state index in [0.717, 1.165) is 27.7 Å². The molecule has 0 saturated carbocycles. The van der Waals surface area contributed by atoms with Gasteiger partial charge >= 0.3 is 0 Å². The van der Waals surface area contributed by atoms with Gasteiger partial charge in [-0.3, -0.25) is 9.36 Å². The third-order valence-electron chi connectivity index (χ3n) is 5.37. The Labute approximate surface area is 218 Å². The zero-order valence-electron chi connectivity index (χ0n) is 19.5. The highest BCUT2D eigenvalue weighted by Gasteiger charge is 2.22. The van der Waals surface area contributed by atoms with Gasteiger partial charge < -0.3 is 10.1 Å². The molecular weight excluding hydrogens is 503 g/mol. The summed E-state index contributed by atoms with van der Waals surface area (Å²) in [5.74, 6) is 1.84. The predicted molar refractivity (Wildman–Crippen MR) is 141 cm³/mol. The number of benzene rings is 3. The van der Waals surface area contributed by atoms with Gasteiger partial charge in [0.25, 0.3) is 5.91 Å². The molecule has 9 heteroatoms. The van der Waals surface area contributed by atoms with Gasteiger partial charge in [-0.2, -0.15) is 0 Å². The van der Waals surface area contributed by atoms with Crippen molar-refractivity contribution in [1.29, 1.82) is 0 Å². The minimum atomic E-state index is -0.420. The van der Waals surface area contributed by atoms with Crippen molar-refractivity contribution in [2.45, 2.75) is 30.8 Å². The lowest BCUT2D eigenvalue weighted by molar-refractivity contribution is 0.0938. The standard InChI is InChI=1S/C26H24Cl2N4O2S/c1-16-7-10-20(11-8-16)32-24(17(2)29-25(33)19-9-12-22(27)23(28)14-19)30-31-26(32)35-15-18-5-4-6-21(13-18)34-3/h4-14,17H,15H2,1-3H3,(H,29,33). The van der Waals surface area contributed by atoms with Gasteiger partial charge in [-0.25, -0.2) is 0 Å². The van der Waals surface area contributed by atoms with Crippen LogP contribution >= 0.6 is 35.0 Å². The molecule has 0 fully saturated rings. The van der Waals surface area contributed by atoms with Gasteiger partial charge in [0.05, 0.1) is 23.2 Å². The van der Waals surface area contributed by atoms with Crippen LogP contribution in [0.15, 0.2) is 71.9 Å². The summed E-state index contributed by atoms with van der Waals surface area (Å²) in [4.78, 5) is 12.9. The van der Waals surface area contributed by atoms with Crippen LogP contribution in [0.1, 0.15) is 40.3 Å². The van der Waals surface area contributed by atoms with Crippen molar-refractivity contribution in [3.8, 4) is 11.4 Å². The molecule has 0 aliphatic carbocycles. The Morgan fingerprint density at radius 1 is 1.06 bits per heavy atom. The van der Waals surface area contributed by atoms with E-state index < -0.39 is 6.04 Å². The molecule has 0 saturated heterocycles. The lowest BCUT2D eigenvalue weighted by Gasteiger charge is -2.17. The molecule has 1 N–H and O–H groups in total. The number of aryl methyl sites for hydroxylation is 1. The smallest absolute Gasteiger partial charge is 0.251 e. The summed E-state index contributed by atoms with van der Waals surface area (Å²) < 4.78 is 7.31. The SMILES string of the molecule is COc1cccc(CSc2nnc(C(C)NC(=O)c3ccc(Cl)c(Cl)c3)n2-c2ccc(C)cc2)c1. The number of carbonyl (C=O) groups excluding carboxylic acids is 1. The van der Waals surface area contributed by atoms with Gasteiger partial charge in [0.1, 0.15) is 5.75 Å². The quantitative estimate of drug-likeness (QED) is 0.259. The molecule has 6 nitrogen and oxygen atoms in total. The maximum Gasteiger partial charge on any atom is 0.251 e. The van der Waals surface area contributed by atoms with Gasteiger partial charge in [-0.1, -0.05) is 64.8 Å². The topological polar surface area (TPSA) is 69.0 Å². The van der Waals surface area contributed by atoms with Crippen LogP contribution in [0, 0.1) is 6.92 Å². The largest absolute Gasteiger partial charge is 0.497 e. The monoisotopic (exact) mass is 526 g/mol. The summed E-state index contributed by atoms with van der Waals surface area (Å²) in [6.45, 7) is 3.91. The number of aromatic nitrogens is 3. The number of hydrogen-bond acceptors (Lipinski definition) is 5. The summed E-state index contributed by atoms with van der Waals surface area (Å²) in [5, 5.41) is 13.3. The number of methoxy groups -OCH3 is 1. The van der Waals surface area contributed by atoms with E-state index in [2.05, 4.69) is 15.5 Å². The minimum Gasteiger partial charge on any atom is -0.497 e. The summed E-state index contributed by atoms with van der Waals surface area (Å²) >= 11 is 13.6. The van der Waals surface area contributed by atoms with Crippen LogP contribution in [0.5, 0.6) is 5.75 Å². The van der Waals surface area contributed by atoms with Gasteiger partial charge in [-0.15, -0.1) is 10.2 Å². The zero-order chi connectivity index (χ0) is 24.9. The van der Waals surface area contributed by atoms with Crippen molar-refractivity contribution in [1.82, 2.24) is 20.1 Å². The molecule has 1 amide bonds. The average molecular weight is 527 g/mol. The highest BCUT2D eigenvalue weighted by Crippen LogP contribution is 2.29. The molecule has 0 bridgehead atoms. The maximum absolute atomic E-state index is 12.9. The van der Waals surface area contributed by atoms with Crippen molar-refractivity contribution < 1.29 is 9.53 Å². The summed E-state index contributed by atoms with van der Waals surface area (Å²) in [5.41, 5.74) is 3.59. The number of rotatable bonds is 8. The number of nitrogens with one attached hydrogen (secondary N) is 1. The Balaban J connectivity index is 1.61. The third-order valence-corrected chi connectivity index (χ3v) is 7.11. The Morgan fingerprint density at radius 3 is 2.54 bits per heavy atom. The summed E-state index contributed by atoms with van der Waals surface area (Å²) in [6, 6.07) is 20.4. The summed E-state index contributed by atoms with van der Waals surface area (Å²) in [7, 11) is 1.65. The lowest BCUT2D eigenvalue weighted by atomic mass is 10.2. The van der Waals surface area contributed by atoms with Crippen molar-refractivity contribution >= 4 is 40.9 Å². The molecule has 0 aliphatic rings. The molecule has 3 aromatic carbocycles. The van der Waals surface area contributed by atoms with Gasteiger partial charge in [-0.05, 0) is 61.9 Å². The maximum atomic E-state index is 12.9. The molecule has 0 aliphatic heterocycles. The van der Waals surface area contributed by atoms with Crippen LogP contribution in [0.2, 0.25) is 10.0 Å². The third kappa shape index (κ3) is 5.99. The fraction of sp³-hybridized carbons (Fsp3) is 0.192. The van der Waals surface area contributed by atoms with E-state index >= 15 is 0 Å². The predicted octanol–water partition coefficient (Wildman–Crippen LogP) is 6.67. The molecule has 1 heterocycles. The first-order valence-corrected chi connectivity index (χ1v) is 12.6. The zero-order valence-corrected chi connectivity index (χ0v) is 21.8. The molecule has 0 radical (unpaired) electrons. The van der Waals surface area contributed by atoms with Crippen LogP contribution in [0.4, 0.5) is 0 Å². The second-order valence-electron chi connectivity index (χ2n) is 7.98. The van der Waals surface area contributed by atoms with Gasteiger partial charge in [0.2, 0.25) is 0 Å². The van der Waals surface area contributed by atoms with Crippen LogP contribution in [-0.4, -0.2) is 27.8 Å². The lowest BCUT2D eigenvalue weighted by Crippen LogP contribution is -2.28. The first kappa shape index (κ1) is 25.1. The number of ether oxygens (including phenoxy) is 1. The Bertz CT molecular complexity index is 1340. The number of hydrogen-bond donors (Lipinski definition) is 1. The second kappa shape index (κ2) is 11.2. The molecule has 1 atom stereocenters. The van der Waals surface area contributed by atoms with E-state index in [1.807, 2.05) is 66.9 Å². The molecule has 4 aromatic rings. The first-order chi connectivity index (χ1) is 16.9. The van der Waals surface area contributed by atoms with E-state index in [0.29, 0.717) is 27.2 Å². The van der Waals surface area contributed by atoms with E-state index in [9.17, 15) is 4.79 Å². The molecule has 180 valence electrons. The number of nitrogens with zero attached hydrogens (tertiary/aromatic N) is 3. The highest BCUT2D eigenvalue weighted by molar-refractivity contribution is 7.98. The van der Waals surface area contributed by atoms with Crippen LogP contribution in [0.25, 0.3) is 5.69 Å². The Hall–Kier alpha value is -3.00. The van der Waals surface area contributed by atoms with Crippen molar-refractivity contribution in [2.75, 3.05) is 7.11 Å². The number of amides is 1.